The minimum atomic E-state index is -0.478. The van der Waals surface area contributed by atoms with Crippen LogP contribution in [0.1, 0.15) is 49.6 Å². The van der Waals surface area contributed by atoms with Crippen molar-refractivity contribution in [2.45, 2.75) is 45.2 Å². The third-order valence-corrected chi connectivity index (χ3v) is 4.11. The average molecular weight is 294 g/mol. The number of nitro groups is 1. The summed E-state index contributed by atoms with van der Waals surface area (Å²) in [5.41, 5.74) is 5.99. The minimum Gasteiger partial charge on any atom is -0.348 e. The van der Waals surface area contributed by atoms with Crippen molar-refractivity contribution in [3.05, 3.63) is 28.1 Å². The number of amides is 1. The van der Waals surface area contributed by atoms with E-state index in [2.05, 4.69) is 5.32 Å². The van der Waals surface area contributed by atoms with Crippen molar-refractivity contribution in [2.24, 2.45) is 11.7 Å². The zero-order valence-electron chi connectivity index (χ0n) is 12.4. The molecule has 1 amide bonds. The van der Waals surface area contributed by atoms with Crippen LogP contribution >= 0.6 is 0 Å². The Bertz CT molecular complexity index is 538. The molecule has 2 rings (SSSR count). The lowest BCUT2D eigenvalue weighted by Crippen LogP contribution is -2.40. The summed E-state index contributed by atoms with van der Waals surface area (Å²) < 4.78 is 1.64. The van der Waals surface area contributed by atoms with Crippen LogP contribution in [-0.2, 0) is 0 Å². The van der Waals surface area contributed by atoms with Crippen molar-refractivity contribution in [3.8, 4) is 0 Å². The summed E-state index contributed by atoms with van der Waals surface area (Å²) in [6.07, 6.45) is 4.40. The van der Waals surface area contributed by atoms with Crippen molar-refractivity contribution >= 4 is 11.6 Å². The zero-order valence-corrected chi connectivity index (χ0v) is 12.4. The molecule has 21 heavy (non-hydrogen) atoms. The van der Waals surface area contributed by atoms with Gasteiger partial charge in [-0.15, -0.1) is 0 Å². The molecular weight excluding hydrogens is 272 g/mol. The molecule has 0 saturated heterocycles. The van der Waals surface area contributed by atoms with Crippen molar-refractivity contribution in [1.29, 1.82) is 0 Å². The van der Waals surface area contributed by atoms with Crippen LogP contribution in [-0.4, -0.2) is 28.0 Å². The van der Waals surface area contributed by atoms with E-state index in [0.717, 1.165) is 19.3 Å². The van der Waals surface area contributed by atoms with Crippen molar-refractivity contribution < 1.29 is 9.72 Å². The largest absolute Gasteiger partial charge is 0.348 e. The predicted octanol–water partition coefficient (Wildman–Crippen LogP) is 1.83. The summed E-state index contributed by atoms with van der Waals surface area (Å²) in [6.45, 7) is 4.33. The van der Waals surface area contributed by atoms with E-state index in [4.69, 9.17) is 5.73 Å². The van der Waals surface area contributed by atoms with Crippen LogP contribution in [0.5, 0.6) is 0 Å². The van der Waals surface area contributed by atoms with Gasteiger partial charge in [-0.1, -0.05) is 6.42 Å². The SMILES string of the molecule is CC(C)n1cc([N+](=O)[O-])cc1C(=O)NC1CCCC1CN. The Labute approximate surface area is 123 Å². The maximum Gasteiger partial charge on any atom is 0.287 e. The molecule has 1 aromatic heterocycles. The normalized spacial score (nSPS) is 21.7. The van der Waals surface area contributed by atoms with Crippen LogP contribution < -0.4 is 11.1 Å². The molecule has 0 spiro atoms. The van der Waals surface area contributed by atoms with Crippen molar-refractivity contribution in [3.63, 3.8) is 0 Å². The van der Waals surface area contributed by atoms with Gasteiger partial charge in [0.25, 0.3) is 11.6 Å². The summed E-state index contributed by atoms with van der Waals surface area (Å²) in [7, 11) is 0. The van der Waals surface area contributed by atoms with Crippen LogP contribution in [0.2, 0.25) is 0 Å². The van der Waals surface area contributed by atoms with Gasteiger partial charge in [-0.3, -0.25) is 14.9 Å². The molecule has 0 radical (unpaired) electrons. The van der Waals surface area contributed by atoms with Gasteiger partial charge in [-0.25, -0.2) is 0 Å². The maximum absolute atomic E-state index is 12.4. The molecule has 116 valence electrons. The van der Waals surface area contributed by atoms with Crippen LogP contribution in [0.3, 0.4) is 0 Å². The van der Waals surface area contributed by atoms with Gasteiger partial charge in [-0.2, -0.15) is 0 Å². The Kier molecular flexibility index (Phi) is 4.62. The Hall–Kier alpha value is -1.89. The second-order valence-corrected chi connectivity index (χ2v) is 5.85. The number of nitrogens with two attached hydrogens (primary N) is 1. The van der Waals surface area contributed by atoms with Crippen molar-refractivity contribution in [2.75, 3.05) is 6.54 Å². The van der Waals surface area contributed by atoms with Crippen LogP contribution in [0.15, 0.2) is 12.3 Å². The van der Waals surface area contributed by atoms with E-state index in [-0.39, 0.29) is 23.7 Å². The number of nitrogens with zero attached hydrogens (tertiary/aromatic N) is 2. The molecule has 1 fully saturated rings. The van der Waals surface area contributed by atoms with Crippen LogP contribution in [0.4, 0.5) is 5.69 Å². The van der Waals surface area contributed by atoms with Crippen LogP contribution in [0, 0.1) is 16.0 Å². The first-order valence-corrected chi connectivity index (χ1v) is 7.31. The van der Waals surface area contributed by atoms with Gasteiger partial charge in [0.2, 0.25) is 0 Å². The number of carbonyl (C=O) groups is 1. The topological polar surface area (TPSA) is 103 Å². The van der Waals surface area contributed by atoms with Gasteiger partial charge in [0.15, 0.2) is 0 Å². The second kappa shape index (κ2) is 6.26. The Balaban J connectivity index is 2.20. The quantitative estimate of drug-likeness (QED) is 0.638. The van der Waals surface area contributed by atoms with Gasteiger partial charge >= 0.3 is 0 Å². The summed E-state index contributed by atoms with van der Waals surface area (Å²) in [4.78, 5) is 22.8. The lowest BCUT2D eigenvalue weighted by atomic mass is 10.0. The molecule has 1 aliphatic carbocycles. The van der Waals surface area contributed by atoms with E-state index in [0.29, 0.717) is 18.2 Å². The third kappa shape index (κ3) is 3.24. The number of nitrogens with one attached hydrogen (secondary N) is 1. The first-order valence-electron chi connectivity index (χ1n) is 7.31. The van der Waals surface area contributed by atoms with E-state index in [1.54, 1.807) is 4.57 Å². The van der Waals surface area contributed by atoms with E-state index < -0.39 is 4.92 Å². The summed E-state index contributed by atoms with van der Waals surface area (Å²) in [6, 6.07) is 1.38. The molecule has 1 saturated carbocycles. The van der Waals surface area contributed by atoms with Gasteiger partial charge in [0, 0.05) is 18.2 Å². The average Bonchev–Trinajstić information content (AvgIpc) is 3.04. The molecular formula is C14H22N4O3. The first kappa shape index (κ1) is 15.5. The fourth-order valence-corrected chi connectivity index (χ4v) is 2.93. The Morgan fingerprint density at radius 1 is 1.57 bits per heavy atom. The highest BCUT2D eigenvalue weighted by Gasteiger charge is 2.29. The Morgan fingerprint density at radius 3 is 2.86 bits per heavy atom. The zero-order chi connectivity index (χ0) is 15.6. The predicted molar refractivity (Wildman–Crippen MR) is 79.1 cm³/mol. The molecule has 2 unspecified atom stereocenters. The number of rotatable bonds is 5. The molecule has 1 heterocycles. The molecule has 2 atom stereocenters. The summed E-state index contributed by atoms with van der Waals surface area (Å²) in [5, 5.41) is 13.9. The highest BCUT2D eigenvalue weighted by molar-refractivity contribution is 5.93. The van der Waals surface area contributed by atoms with Gasteiger partial charge in [0.05, 0.1) is 11.1 Å². The fourth-order valence-electron chi connectivity index (χ4n) is 2.93. The highest BCUT2D eigenvalue weighted by atomic mass is 16.6. The monoisotopic (exact) mass is 294 g/mol. The lowest BCUT2D eigenvalue weighted by molar-refractivity contribution is -0.384. The first-order chi connectivity index (χ1) is 9.93. The van der Waals surface area contributed by atoms with E-state index in [9.17, 15) is 14.9 Å². The van der Waals surface area contributed by atoms with Crippen LogP contribution in [0.25, 0.3) is 0 Å². The molecule has 3 N–H and O–H groups in total. The van der Waals surface area contributed by atoms with Gasteiger partial charge in [0.1, 0.15) is 5.69 Å². The summed E-state index contributed by atoms with van der Waals surface area (Å²) in [5.74, 6) is 0.0357. The van der Waals surface area contributed by atoms with Gasteiger partial charge in [-0.05, 0) is 39.2 Å². The smallest absolute Gasteiger partial charge is 0.287 e. The molecule has 1 aliphatic rings. The summed E-state index contributed by atoms with van der Waals surface area (Å²) >= 11 is 0. The molecule has 0 aromatic carbocycles. The standard InChI is InChI=1S/C14H22N4O3/c1-9(2)17-8-11(18(20)21)6-13(17)14(19)16-12-5-3-4-10(12)7-15/h6,8-10,12H,3-5,7,15H2,1-2H3,(H,16,19). The highest BCUT2D eigenvalue weighted by Crippen LogP contribution is 2.26. The number of carbonyl (C=O) groups excluding carboxylic acids is 1. The Morgan fingerprint density at radius 2 is 2.29 bits per heavy atom. The molecule has 7 heteroatoms. The number of hydrogen-bond donors (Lipinski definition) is 2. The molecule has 1 aromatic rings. The van der Waals surface area contributed by atoms with E-state index >= 15 is 0 Å². The minimum absolute atomic E-state index is 0.0201. The molecule has 0 bridgehead atoms. The van der Waals surface area contributed by atoms with E-state index in [1.807, 2.05) is 13.8 Å². The third-order valence-electron chi connectivity index (χ3n) is 4.11. The van der Waals surface area contributed by atoms with E-state index in [1.165, 1.54) is 12.3 Å². The number of hydrogen-bond acceptors (Lipinski definition) is 4. The van der Waals surface area contributed by atoms with Crippen molar-refractivity contribution in [1.82, 2.24) is 9.88 Å². The fraction of sp³-hybridized carbons (Fsp3) is 0.643. The number of aromatic nitrogens is 1. The molecule has 0 aliphatic heterocycles. The van der Waals surface area contributed by atoms with Gasteiger partial charge < -0.3 is 15.6 Å². The lowest BCUT2D eigenvalue weighted by Gasteiger charge is -2.20. The molecule has 7 nitrogen and oxygen atoms in total. The maximum atomic E-state index is 12.4. The second-order valence-electron chi connectivity index (χ2n) is 5.85.